The first kappa shape index (κ1) is 21.4. The zero-order chi connectivity index (χ0) is 17.4. The largest absolute Gasteiger partial charge is 0.467 e. The molecule has 0 bridgehead atoms. The van der Waals surface area contributed by atoms with Gasteiger partial charge in [0.05, 0.1) is 30.1 Å². The summed E-state index contributed by atoms with van der Waals surface area (Å²) in [6, 6.07) is 3.60. The second kappa shape index (κ2) is 11.1. The molecule has 2 aromatic heterocycles. The zero-order valence-electron chi connectivity index (χ0n) is 14.6. The van der Waals surface area contributed by atoms with Crippen LogP contribution in [0.4, 0.5) is 0 Å². The molecule has 2 heterocycles. The third-order valence-corrected chi connectivity index (χ3v) is 4.25. The van der Waals surface area contributed by atoms with E-state index >= 15 is 0 Å². The summed E-state index contributed by atoms with van der Waals surface area (Å²) in [5, 5.41) is 10.2. The van der Waals surface area contributed by atoms with Gasteiger partial charge in [0.1, 0.15) is 12.3 Å². The van der Waals surface area contributed by atoms with Crippen LogP contribution in [0, 0.1) is 13.8 Å². The predicted molar refractivity (Wildman–Crippen MR) is 110 cm³/mol. The average Bonchev–Trinajstić information content (AvgIpc) is 3.17. The van der Waals surface area contributed by atoms with E-state index in [4.69, 9.17) is 4.42 Å². The first-order valence-electron chi connectivity index (χ1n) is 7.82. The van der Waals surface area contributed by atoms with Gasteiger partial charge in [0.15, 0.2) is 5.96 Å². The van der Waals surface area contributed by atoms with E-state index in [0.717, 1.165) is 17.2 Å². The van der Waals surface area contributed by atoms with Crippen LogP contribution in [0.25, 0.3) is 0 Å². The molecule has 0 unspecified atom stereocenters. The highest BCUT2D eigenvalue weighted by Crippen LogP contribution is 2.16. The molecule has 0 aliphatic carbocycles. The highest BCUT2D eigenvalue weighted by molar-refractivity contribution is 14.0. The Balaban J connectivity index is 0.00000312. The molecule has 0 atom stereocenters. The van der Waals surface area contributed by atoms with Gasteiger partial charge in [0, 0.05) is 11.4 Å². The molecule has 9 heteroatoms. The van der Waals surface area contributed by atoms with Crippen molar-refractivity contribution in [1.82, 2.24) is 20.9 Å². The van der Waals surface area contributed by atoms with Crippen molar-refractivity contribution < 1.29 is 9.21 Å². The summed E-state index contributed by atoms with van der Waals surface area (Å²) in [4.78, 5) is 21.7. The molecule has 3 N–H and O–H groups in total. The van der Waals surface area contributed by atoms with Crippen molar-refractivity contribution >= 4 is 47.2 Å². The summed E-state index contributed by atoms with van der Waals surface area (Å²) in [6.45, 7) is 7.74. The average molecular weight is 477 g/mol. The van der Waals surface area contributed by atoms with Gasteiger partial charge >= 0.3 is 0 Å². The molecule has 0 radical (unpaired) electrons. The van der Waals surface area contributed by atoms with Gasteiger partial charge in [0.2, 0.25) is 5.91 Å². The molecule has 0 aromatic carbocycles. The standard InChI is InChI=1S/C16H23N5O2S.HI/c1-4-17-16(19-9-14-11(2)21-12(3)24-14)20-10-15(22)18-8-13-6-5-7-23-13;/h5-7H,4,8-10H2,1-3H3,(H,18,22)(H2,17,19,20);1H. The number of halogens is 1. The Bertz CT molecular complexity index is 685. The summed E-state index contributed by atoms with van der Waals surface area (Å²) in [5.74, 6) is 1.16. The highest BCUT2D eigenvalue weighted by atomic mass is 127. The molecular formula is C16H24IN5O2S. The van der Waals surface area contributed by atoms with Crippen LogP contribution in [0.5, 0.6) is 0 Å². The Morgan fingerprint density at radius 3 is 2.68 bits per heavy atom. The van der Waals surface area contributed by atoms with Gasteiger partial charge in [-0.2, -0.15) is 0 Å². The predicted octanol–water partition coefficient (Wildman–Crippen LogP) is 2.34. The first-order chi connectivity index (χ1) is 11.6. The number of carbonyl (C=O) groups is 1. The Labute approximate surface area is 168 Å². The summed E-state index contributed by atoms with van der Waals surface area (Å²) in [6.07, 6.45) is 1.58. The third-order valence-electron chi connectivity index (χ3n) is 3.18. The minimum Gasteiger partial charge on any atom is -0.467 e. The van der Waals surface area contributed by atoms with Crippen LogP contribution in [-0.2, 0) is 17.9 Å². The lowest BCUT2D eigenvalue weighted by molar-refractivity contribution is -0.119. The molecule has 0 fully saturated rings. The van der Waals surface area contributed by atoms with E-state index in [1.54, 1.807) is 23.7 Å². The van der Waals surface area contributed by atoms with E-state index in [9.17, 15) is 4.79 Å². The lowest BCUT2D eigenvalue weighted by atomic mass is 10.4. The molecular weight excluding hydrogens is 453 g/mol. The van der Waals surface area contributed by atoms with Gasteiger partial charge in [-0.05, 0) is 32.9 Å². The fourth-order valence-corrected chi connectivity index (χ4v) is 2.93. The number of nitrogens with zero attached hydrogens (tertiary/aromatic N) is 2. The Kier molecular flexibility index (Phi) is 9.50. The van der Waals surface area contributed by atoms with Gasteiger partial charge in [0.25, 0.3) is 0 Å². The lowest BCUT2D eigenvalue weighted by Crippen LogP contribution is -2.38. The van der Waals surface area contributed by atoms with E-state index in [1.165, 1.54) is 4.88 Å². The van der Waals surface area contributed by atoms with Crippen molar-refractivity contribution in [2.24, 2.45) is 4.99 Å². The van der Waals surface area contributed by atoms with Crippen molar-refractivity contribution in [3.63, 3.8) is 0 Å². The monoisotopic (exact) mass is 477 g/mol. The smallest absolute Gasteiger partial charge is 0.242 e. The normalized spacial score (nSPS) is 10.9. The fraction of sp³-hybridized carbons (Fsp3) is 0.438. The number of aliphatic imine (C=N–C) groups is 1. The maximum absolute atomic E-state index is 11.9. The molecule has 2 aromatic rings. The summed E-state index contributed by atoms with van der Waals surface area (Å²) in [7, 11) is 0. The number of furan rings is 1. The molecule has 1 amide bonds. The molecule has 7 nitrogen and oxygen atoms in total. The van der Waals surface area contributed by atoms with Crippen LogP contribution < -0.4 is 16.0 Å². The SMILES string of the molecule is CCNC(=NCC(=O)NCc1ccco1)NCc1sc(C)nc1C.I. The number of aromatic nitrogens is 1. The van der Waals surface area contributed by atoms with Crippen molar-refractivity contribution in [1.29, 1.82) is 0 Å². The van der Waals surface area contributed by atoms with Crippen LogP contribution in [0.2, 0.25) is 0 Å². The van der Waals surface area contributed by atoms with Crippen molar-refractivity contribution in [3.05, 3.63) is 39.7 Å². The van der Waals surface area contributed by atoms with Crippen molar-refractivity contribution in [2.45, 2.75) is 33.9 Å². The van der Waals surface area contributed by atoms with Crippen molar-refractivity contribution in [3.8, 4) is 0 Å². The number of rotatable bonds is 7. The molecule has 0 spiro atoms. The second-order valence-electron chi connectivity index (χ2n) is 5.15. The molecule has 0 saturated heterocycles. The number of amides is 1. The maximum atomic E-state index is 11.9. The number of carbonyl (C=O) groups excluding carboxylic acids is 1. The molecule has 0 saturated carbocycles. The molecule has 25 heavy (non-hydrogen) atoms. The molecule has 138 valence electrons. The number of thiazole rings is 1. The van der Waals surface area contributed by atoms with E-state index in [1.807, 2.05) is 26.8 Å². The van der Waals surface area contributed by atoms with E-state index in [2.05, 4.69) is 25.9 Å². The van der Waals surface area contributed by atoms with Gasteiger partial charge in [-0.1, -0.05) is 0 Å². The topological polar surface area (TPSA) is 91.5 Å². The van der Waals surface area contributed by atoms with Crippen LogP contribution in [0.3, 0.4) is 0 Å². The number of nitrogens with one attached hydrogen (secondary N) is 3. The lowest BCUT2D eigenvalue weighted by Gasteiger charge is -2.10. The summed E-state index contributed by atoms with van der Waals surface area (Å²) >= 11 is 1.66. The van der Waals surface area contributed by atoms with Crippen LogP contribution in [0.1, 0.15) is 28.3 Å². The third kappa shape index (κ3) is 7.43. The summed E-state index contributed by atoms with van der Waals surface area (Å²) < 4.78 is 5.17. The number of guanidine groups is 1. The maximum Gasteiger partial charge on any atom is 0.242 e. The van der Waals surface area contributed by atoms with E-state index in [0.29, 0.717) is 24.8 Å². The second-order valence-corrected chi connectivity index (χ2v) is 6.43. The highest BCUT2D eigenvalue weighted by Gasteiger charge is 2.07. The first-order valence-corrected chi connectivity index (χ1v) is 8.64. The number of aryl methyl sites for hydroxylation is 2. The minimum absolute atomic E-state index is 0. The van der Waals surface area contributed by atoms with Crippen LogP contribution in [-0.4, -0.2) is 29.9 Å². The molecule has 0 aliphatic rings. The summed E-state index contributed by atoms with van der Waals surface area (Å²) in [5.41, 5.74) is 1.03. The number of hydrogen-bond acceptors (Lipinski definition) is 5. The van der Waals surface area contributed by atoms with Gasteiger partial charge in [-0.3, -0.25) is 4.79 Å². The van der Waals surface area contributed by atoms with Gasteiger partial charge < -0.3 is 20.4 Å². The number of hydrogen-bond donors (Lipinski definition) is 3. The van der Waals surface area contributed by atoms with Crippen LogP contribution >= 0.6 is 35.3 Å². The zero-order valence-corrected chi connectivity index (χ0v) is 17.7. The Morgan fingerprint density at radius 1 is 1.28 bits per heavy atom. The van der Waals surface area contributed by atoms with Crippen molar-refractivity contribution in [2.75, 3.05) is 13.1 Å². The molecule has 0 aliphatic heterocycles. The quantitative estimate of drug-likeness (QED) is 0.324. The Morgan fingerprint density at radius 2 is 2.08 bits per heavy atom. The van der Waals surface area contributed by atoms with Crippen LogP contribution in [0.15, 0.2) is 27.8 Å². The van der Waals surface area contributed by atoms with Gasteiger partial charge in [-0.15, -0.1) is 35.3 Å². The Hall–Kier alpha value is -1.62. The van der Waals surface area contributed by atoms with E-state index < -0.39 is 0 Å². The minimum atomic E-state index is -0.159. The van der Waals surface area contributed by atoms with E-state index in [-0.39, 0.29) is 36.4 Å². The fourth-order valence-electron chi connectivity index (χ4n) is 2.05. The van der Waals surface area contributed by atoms with Gasteiger partial charge in [-0.25, -0.2) is 9.98 Å². The molecule has 2 rings (SSSR count).